The van der Waals surface area contributed by atoms with Crippen molar-refractivity contribution >= 4 is 23.1 Å². The first-order valence-electron chi connectivity index (χ1n) is 13.4. The number of fused-ring (bicyclic) bond motifs is 1. The number of ether oxygens (including phenoxy) is 2. The van der Waals surface area contributed by atoms with Gasteiger partial charge in [-0.25, -0.2) is 0 Å². The van der Waals surface area contributed by atoms with Crippen molar-refractivity contribution in [2.45, 2.75) is 24.8 Å². The van der Waals surface area contributed by atoms with Gasteiger partial charge >= 0.3 is 0 Å². The minimum Gasteiger partial charge on any atom is -0.497 e. The molecule has 6 rings (SSSR count). The summed E-state index contributed by atoms with van der Waals surface area (Å²) >= 11 is 0. The summed E-state index contributed by atoms with van der Waals surface area (Å²) in [6.07, 6.45) is 0.991. The number of Topliss-reactive ketones (excluding diaryl/α,β-unsaturated/α-hetero) is 1. The predicted molar refractivity (Wildman–Crippen MR) is 156 cm³/mol. The van der Waals surface area contributed by atoms with Crippen LogP contribution in [0.4, 0.5) is 11.4 Å². The molecule has 0 bridgehead atoms. The summed E-state index contributed by atoms with van der Waals surface area (Å²) in [5, 5.41) is 3.59. The number of nitrogens with one attached hydrogen (secondary N) is 1. The lowest BCUT2D eigenvalue weighted by atomic mass is 9.78. The molecule has 0 unspecified atom stereocenters. The molecule has 1 N–H and O–H groups in total. The third-order valence-corrected chi connectivity index (χ3v) is 7.75. The lowest BCUT2D eigenvalue weighted by Gasteiger charge is -2.35. The monoisotopic (exact) mass is 530 g/mol. The minimum absolute atomic E-state index is 0.00436. The SMILES string of the molecule is COc1ccc([C@@H]2CC(=O)C3=C(C2)Nc2ccccc2N(C(=O)c2ccccc2)[C@H]3c2ccc(OC)cc2)cc1. The van der Waals surface area contributed by atoms with Gasteiger partial charge in [0.15, 0.2) is 5.78 Å². The van der Waals surface area contributed by atoms with Gasteiger partial charge < -0.3 is 14.8 Å². The van der Waals surface area contributed by atoms with Crippen LogP contribution in [0, 0.1) is 0 Å². The number of para-hydroxylation sites is 2. The Labute approximate surface area is 233 Å². The van der Waals surface area contributed by atoms with E-state index in [1.807, 2.05) is 103 Å². The van der Waals surface area contributed by atoms with Crippen molar-refractivity contribution in [3.05, 3.63) is 131 Å². The molecule has 2 atom stereocenters. The molecule has 2 aliphatic rings. The fraction of sp³-hybridized carbons (Fsp3) is 0.176. The van der Waals surface area contributed by atoms with Gasteiger partial charge in [0.1, 0.15) is 11.5 Å². The number of methoxy groups -OCH3 is 2. The molecular formula is C34H30N2O4. The van der Waals surface area contributed by atoms with E-state index in [1.54, 1.807) is 19.1 Å². The molecule has 0 saturated carbocycles. The molecular weight excluding hydrogens is 500 g/mol. The molecule has 0 fully saturated rings. The number of anilines is 2. The van der Waals surface area contributed by atoms with Crippen molar-refractivity contribution in [1.29, 1.82) is 0 Å². The highest BCUT2D eigenvalue weighted by Gasteiger charge is 2.41. The molecule has 40 heavy (non-hydrogen) atoms. The lowest BCUT2D eigenvalue weighted by molar-refractivity contribution is -0.116. The topological polar surface area (TPSA) is 67.9 Å². The number of carbonyl (C=O) groups excluding carboxylic acids is 2. The Balaban J connectivity index is 1.53. The van der Waals surface area contributed by atoms with Crippen LogP contribution >= 0.6 is 0 Å². The maximum atomic E-state index is 14.3. The summed E-state index contributed by atoms with van der Waals surface area (Å²) < 4.78 is 10.7. The maximum absolute atomic E-state index is 14.3. The van der Waals surface area contributed by atoms with Crippen LogP contribution in [0.15, 0.2) is 114 Å². The molecule has 1 heterocycles. The molecule has 4 aromatic carbocycles. The highest BCUT2D eigenvalue weighted by molar-refractivity contribution is 6.12. The van der Waals surface area contributed by atoms with Gasteiger partial charge in [-0.3, -0.25) is 14.5 Å². The summed E-state index contributed by atoms with van der Waals surface area (Å²) in [6, 6.07) is 31.9. The second-order valence-electron chi connectivity index (χ2n) is 10.1. The van der Waals surface area contributed by atoms with Crippen LogP contribution in [0.5, 0.6) is 11.5 Å². The average molecular weight is 531 g/mol. The number of carbonyl (C=O) groups is 2. The summed E-state index contributed by atoms with van der Waals surface area (Å²) in [6.45, 7) is 0. The van der Waals surface area contributed by atoms with Gasteiger partial charge in [-0.2, -0.15) is 0 Å². The van der Waals surface area contributed by atoms with Crippen molar-refractivity contribution in [2.75, 3.05) is 24.4 Å². The number of hydrogen-bond acceptors (Lipinski definition) is 5. The Kier molecular flexibility index (Phi) is 6.83. The van der Waals surface area contributed by atoms with Crippen LogP contribution in [0.1, 0.15) is 46.3 Å². The Morgan fingerprint density at radius 2 is 1.35 bits per heavy atom. The van der Waals surface area contributed by atoms with Gasteiger partial charge in [0.2, 0.25) is 0 Å². The maximum Gasteiger partial charge on any atom is 0.259 e. The van der Waals surface area contributed by atoms with Gasteiger partial charge in [0.05, 0.1) is 31.6 Å². The van der Waals surface area contributed by atoms with E-state index in [2.05, 4.69) is 5.32 Å². The van der Waals surface area contributed by atoms with E-state index in [4.69, 9.17) is 9.47 Å². The van der Waals surface area contributed by atoms with E-state index < -0.39 is 6.04 Å². The van der Waals surface area contributed by atoms with Gasteiger partial charge in [0, 0.05) is 23.3 Å². The number of rotatable bonds is 5. The zero-order valence-electron chi connectivity index (χ0n) is 22.5. The lowest BCUT2D eigenvalue weighted by Crippen LogP contribution is -2.38. The Hall–Kier alpha value is -4.84. The quantitative estimate of drug-likeness (QED) is 0.303. The largest absolute Gasteiger partial charge is 0.497 e. The van der Waals surface area contributed by atoms with E-state index in [0.717, 1.165) is 33.9 Å². The van der Waals surface area contributed by atoms with Crippen LogP contribution in [0.2, 0.25) is 0 Å². The fourth-order valence-electron chi connectivity index (χ4n) is 5.75. The zero-order valence-corrected chi connectivity index (χ0v) is 22.5. The minimum atomic E-state index is -0.617. The van der Waals surface area contributed by atoms with Crippen molar-refractivity contribution < 1.29 is 19.1 Å². The van der Waals surface area contributed by atoms with Crippen LogP contribution in [-0.4, -0.2) is 25.9 Å². The molecule has 200 valence electrons. The molecule has 1 aliphatic carbocycles. The summed E-state index contributed by atoms with van der Waals surface area (Å²) in [7, 11) is 3.27. The third kappa shape index (κ3) is 4.62. The van der Waals surface area contributed by atoms with Crippen LogP contribution < -0.4 is 19.7 Å². The smallest absolute Gasteiger partial charge is 0.259 e. The van der Waals surface area contributed by atoms with Gasteiger partial charge in [0.25, 0.3) is 5.91 Å². The fourth-order valence-corrected chi connectivity index (χ4v) is 5.75. The van der Waals surface area contributed by atoms with E-state index in [0.29, 0.717) is 29.7 Å². The normalized spacial score (nSPS) is 18.2. The predicted octanol–water partition coefficient (Wildman–Crippen LogP) is 6.92. The third-order valence-electron chi connectivity index (χ3n) is 7.75. The van der Waals surface area contributed by atoms with Crippen molar-refractivity contribution in [3.8, 4) is 11.5 Å². The van der Waals surface area contributed by atoms with Crippen LogP contribution in [-0.2, 0) is 4.79 Å². The number of hydrogen-bond donors (Lipinski definition) is 1. The van der Waals surface area contributed by atoms with E-state index >= 15 is 0 Å². The number of ketones is 1. The second-order valence-corrected chi connectivity index (χ2v) is 10.1. The van der Waals surface area contributed by atoms with E-state index in [-0.39, 0.29) is 17.6 Å². The molecule has 0 radical (unpaired) electrons. The first-order valence-corrected chi connectivity index (χ1v) is 13.4. The molecule has 1 amide bonds. The van der Waals surface area contributed by atoms with Crippen LogP contribution in [0.3, 0.4) is 0 Å². The van der Waals surface area contributed by atoms with Gasteiger partial charge in [-0.15, -0.1) is 0 Å². The molecule has 6 nitrogen and oxygen atoms in total. The average Bonchev–Trinajstić information content (AvgIpc) is 3.16. The van der Waals surface area contributed by atoms with Gasteiger partial charge in [-0.1, -0.05) is 54.6 Å². The number of allylic oxidation sites excluding steroid dienone is 1. The Bertz CT molecular complexity index is 1580. The molecule has 0 aromatic heterocycles. The number of nitrogens with zero attached hydrogens (tertiary/aromatic N) is 1. The Morgan fingerprint density at radius 3 is 2.00 bits per heavy atom. The number of benzene rings is 4. The first kappa shape index (κ1) is 25.4. The molecule has 1 aliphatic heterocycles. The molecule has 6 heteroatoms. The van der Waals surface area contributed by atoms with Crippen molar-refractivity contribution in [2.24, 2.45) is 0 Å². The molecule has 0 spiro atoms. The summed E-state index contributed by atoms with van der Waals surface area (Å²) in [4.78, 5) is 30.2. The van der Waals surface area contributed by atoms with E-state index in [1.165, 1.54) is 0 Å². The molecule has 0 saturated heterocycles. The second kappa shape index (κ2) is 10.7. The first-order chi connectivity index (χ1) is 19.6. The summed E-state index contributed by atoms with van der Waals surface area (Å²) in [5.74, 6) is 1.34. The Morgan fingerprint density at radius 1 is 0.750 bits per heavy atom. The van der Waals surface area contributed by atoms with Gasteiger partial charge in [-0.05, 0) is 72.0 Å². The van der Waals surface area contributed by atoms with E-state index in [9.17, 15) is 9.59 Å². The highest BCUT2D eigenvalue weighted by Crippen LogP contribution is 2.48. The van der Waals surface area contributed by atoms with Crippen LogP contribution in [0.25, 0.3) is 0 Å². The van der Waals surface area contributed by atoms with Crippen molar-refractivity contribution in [3.63, 3.8) is 0 Å². The highest BCUT2D eigenvalue weighted by atomic mass is 16.5. The zero-order chi connectivity index (χ0) is 27.6. The molecule has 4 aromatic rings. The summed E-state index contributed by atoms with van der Waals surface area (Å²) in [5.41, 5.74) is 5.45. The standard InChI is InChI=1S/C34H30N2O4/c1-39-26-16-12-22(13-17-26)25-20-29-32(31(37)21-25)33(23-14-18-27(40-2)19-15-23)36(30-11-7-6-10-28(30)35-29)34(38)24-8-4-3-5-9-24/h3-19,25,33,35H,20-21H2,1-2H3/t25-,33-/m0/s1. The van der Waals surface area contributed by atoms with Crippen molar-refractivity contribution in [1.82, 2.24) is 0 Å². The number of amides is 1.